The van der Waals surface area contributed by atoms with Crippen molar-refractivity contribution < 1.29 is 23.8 Å². The maximum Gasteiger partial charge on any atom is 0.434 e. The number of hydrogen-bond donors (Lipinski definition) is 1. The molecule has 51 heavy (non-hydrogen) atoms. The smallest absolute Gasteiger partial charge is 0.434 e. The number of nitrogens with zero attached hydrogens (tertiary/aromatic N) is 3. The lowest BCUT2D eigenvalue weighted by Gasteiger charge is -2.37. The van der Waals surface area contributed by atoms with Gasteiger partial charge in [-0.05, 0) is 90.2 Å². The van der Waals surface area contributed by atoms with Gasteiger partial charge in [-0.3, -0.25) is 4.79 Å². The van der Waals surface area contributed by atoms with Crippen LogP contribution >= 0.6 is 11.6 Å². The Morgan fingerprint density at radius 2 is 1.57 bits per heavy atom. The van der Waals surface area contributed by atoms with Gasteiger partial charge in [0.1, 0.15) is 8.07 Å². The van der Waals surface area contributed by atoms with Crippen molar-refractivity contribution in [3.05, 3.63) is 52.6 Å². The molecule has 1 N–H and O–H groups in total. The molecule has 0 aromatic heterocycles. The van der Waals surface area contributed by atoms with Crippen molar-refractivity contribution in [2.45, 2.75) is 77.3 Å². The Hall–Kier alpha value is -3.18. The molecule has 3 heterocycles. The molecule has 5 rings (SSSR count). The summed E-state index contributed by atoms with van der Waals surface area (Å²) in [5.41, 5.74) is 9.05. The third kappa shape index (κ3) is 9.44. The minimum Gasteiger partial charge on any atom is -0.448 e. The summed E-state index contributed by atoms with van der Waals surface area (Å²) >= 11 is 5.69. The first-order valence-corrected chi connectivity index (χ1v) is 22.4. The van der Waals surface area contributed by atoms with Gasteiger partial charge in [0.2, 0.25) is 5.91 Å². The van der Waals surface area contributed by atoms with Gasteiger partial charge in [-0.15, -0.1) is 11.6 Å². The summed E-state index contributed by atoms with van der Waals surface area (Å²) in [4.78, 5) is 35.0. The molecule has 2 aromatic rings. The first-order chi connectivity index (χ1) is 24.7. The van der Waals surface area contributed by atoms with E-state index in [1.165, 1.54) is 32.9 Å². The molecule has 2 aromatic carbocycles. The zero-order valence-electron chi connectivity index (χ0n) is 31.2. The molecule has 0 fully saturated rings. The van der Waals surface area contributed by atoms with Gasteiger partial charge < -0.3 is 29.3 Å². The van der Waals surface area contributed by atoms with E-state index < -0.39 is 14.2 Å². The van der Waals surface area contributed by atoms with E-state index in [1.807, 2.05) is 6.08 Å². The van der Waals surface area contributed by atoms with E-state index in [9.17, 15) is 9.59 Å². The van der Waals surface area contributed by atoms with Gasteiger partial charge in [0.05, 0.1) is 32.1 Å². The Kier molecular flexibility index (Phi) is 14.2. The molecule has 0 saturated heterocycles. The van der Waals surface area contributed by atoms with Crippen molar-refractivity contribution in [2.75, 3.05) is 82.4 Å². The SMILES string of the molecule is C=Cc1c2c(cc3c1/C(=N/C(=O)OCCCCCC(=O)NCCOCCOCCCCCCCl)c1cc4c(cc1[Si]3(C)C)N(C)CC4)N(C)CC2. The number of rotatable bonds is 19. The van der Waals surface area contributed by atoms with Crippen molar-refractivity contribution in [1.82, 2.24) is 5.32 Å². The van der Waals surface area contributed by atoms with E-state index in [0.29, 0.717) is 44.9 Å². The lowest BCUT2D eigenvalue weighted by Crippen LogP contribution is -2.60. The van der Waals surface area contributed by atoms with Gasteiger partial charge in [-0.25, -0.2) is 4.79 Å². The number of halogens is 1. The molecular formula is C40H57ClN4O5Si. The fourth-order valence-electron chi connectivity index (χ4n) is 7.59. The molecule has 0 atom stereocenters. The van der Waals surface area contributed by atoms with Crippen molar-refractivity contribution in [3.63, 3.8) is 0 Å². The van der Waals surface area contributed by atoms with Crippen molar-refractivity contribution >= 4 is 65.2 Å². The predicted molar refractivity (Wildman–Crippen MR) is 213 cm³/mol. The molecule has 0 unspecified atom stereocenters. The van der Waals surface area contributed by atoms with E-state index in [0.717, 1.165) is 93.6 Å². The van der Waals surface area contributed by atoms with Crippen LogP contribution in [0.25, 0.3) is 6.08 Å². The fraction of sp³-hybridized carbons (Fsp3) is 0.575. The van der Waals surface area contributed by atoms with Crippen molar-refractivity contribution in [3.8, 4) is 0 Å². The number of benzene rings is 2. The number of fused-ring (bicyclic) bond motifs is 4. The number of amides is 2. The summed E-state index contributed by atoms with van der Waals surface area (Å²) in [7, 11) is 2.14. The molecule has 0 aliphatic carbocycles. The van der Waals surface area contributed by atoms with Crippen LogP contribution in [0.4, 0.5) is 16.2 Å². The molecule has 9 nitrogen and oxygen atoms in total. The number of ether oxygens (including phenoxy) is 3. The van der Waals surface area contributed by atoms with Gasteiger partial charge in [-0.1, -0.05) is 38.6 Å². The number of carbonyl (C=O) groups excluding carboxylic acids is 2. The average molecular weight is 737 g/mol. The van der Waals surface area contributed by atoms with Crippen LogP contribution in [0.2, 0.25) is 13.1 Å². The third-order valence-electron chi connectivity index (χ3n) is 10.5. The molecule has 0 radical (unpaired) electrons. The second-order valence-electron chi connectivity index (χ2n) is 14.5. The van der Waals surface area contributed by atoms with Crippen LogP contribution in [0.1, 0.15) is 79.2 Å². The van der Waals surface area contributed by atoms with Gasteiger partial charge in [-0.2, -0.15) is 4.99 Å². The number of aliphatic imine (C=N–C) groups is 1. The van der Waals surface area contributed by atoms with Crippen LogP contribution < -0.4 is 25.5 Å². The van der Waals surface area contributed by atoms with Crippen molar-refractivity contribution in [1.29, 1.82) is 0 Å². The molecule has 11 heteroatoms. The zero-order valence-corrected chi connectivity index (χ0v) is 33.0. The monoisotopic (exact) mass is 736 g/mol. The van der Waals surface area contributed by atoms with Crippen LogP contribution in [0, 0.1) is 0 Å². The highest BCUT2D eigenvalue weighted by Gasteiger charge is 2.42. The molecule has 3 aliphatic rings. The molecule has 0 bridgehead atoms. The molecular weight excluding hydrogens is 680 g/mol. The van der Waals surface area contributed by atoms with Gasteiger partial charge in [0, 0.05) is 75.1 Å². The van der Waals surface area contributed by atoms with Crippen LogP contribution in [0.15, 0.2) is 29.8 Å². The van der Waals surface area contributed by atoms with E-state index in [4.69, 9.17) is 30.8 Å². The Morgan fingerprint density at radius 3 is 2.35 bits per heavy atom. The third-order valence-corrected chi connectivity index (χ3v) is 14.3. The predicted octanol–water partition coefficient (Wildman–Crippen LogP) is 5.93. The van der Waals surface area contributed by atoms with Gasteiger partial charge in [0.25, 0.3) is 0 Å². The Morgan fingerprint density at radius 1 is 0.882 bits per heavy atom. The minimum absolute atomic E-state index is 0.00433. The van der Waals surface area contributed by atoms with E-state index >= 15 is 0 Å². The second-order valence-corrected chi connectivity index (χ2v) is 19.2. The largest absolute Gasteiger partial charge is 0.448 e. The summed E-state index contributed by atoms with van der Waals surface area (Å²) in [5, 5.41) is 5.51. The highest BCUT2D eigenvalue weighted by atomic mass is 35.5. The van der Waals surface area contributed by atoms with Crippen LogP contribution in [0.5, 0.6) is 0 Å². The molecule has 0 saturated carbocycles. The summed E-state index contributed by atoms with van der Waals surface area (Å²) in [6.07, 6.45) is 10.3. The first kappa shape index (κ1) is 39.0. The average Bonchev–Trinajstić information content (AvgIpc) is 3.68. The summed E-state index contributed by atoms with van der Waals surface area (Å²) < 4.78 is 16.8. The van der Waals surface area contributed by atoms with E-state index in [1.54, 1.807) is 0 Å². The topological polar surface area (TPSA) is 92.7 Å². The number of hydrogen-bond acceptors (Lipinski definition) is 7. The normalized spacial score (nSPS) is 16.1. The first-order valence-electron chi connectivity index (χ1n) is 18.8. The van der Waals surface area contributed by atoms with Crippen LogP contribution in [-0.4, -0.2) is 98.4 Å². The Bertz CT molecular complexity index is 1600. The number of nitrogens with one attached hydrogen (secondary N) is 1. The van der Waals surface area contributed by atoms with Crippen LogP contribution in [0.3, 0.4) is 0 Å². The number of carbonyl (C=O) groups is 2. The summed E-state index contributed by atoms with van der Waals surface area (Å²) in [6.45, 7) is 14.1. The fourth-order valence-corrected chi connectivity index (χ4v) is 10.8. The number of anilines is 2. The second kappa shape index (κ2) is 18.5. The number of unbranched alkanes of at least 4 members (excludes halogenated alkanes) is 5. The lowest BCUT2D eigenvalue weighted by molar-refractivity contribution is -0.121. The Labute approximate surface area is 310 Å². The maximum atomic E-state index is 13.4. The van der Waals surface area contributed by atoms with Crippen molar-refractivity contribution in [2.24, 2.45) is 4.99 Å². The molecule has 3 aliphatic heterocycles. The maximum absolute atomic E-state index is 13.4. The van der Waals surface area contributed by atoms with E-state index in [2.05, 4.69) is 67.1 Å². The standard InChI is InChI=1S/C40H57ClN4O5Si/c1-6-30-31-16-20-45(3)34(31)28-36-38(30)39(32-26-29-15-19-44(2)33(29)27-35(32)51(36,4)5)43-40(47)50-22-13-9-10-14-37(46)42-18-23-49-25-24-48-21-12-8-7-11-17-41/h6,26-28H,1,7-25H2,2-5H3,(H,42,46)/b43-39+. The zero-order chi connectivity index (χ0) is 36.4. The van der Waals surface area contributed by atoms with E-state index in [-0.39, 0.29) is 12.5 Å². The molecule has 0 spiro atoms. The highest BCUT2D eigenvalue weighted by molar-refractivity contribution is 7.03. The number of likely N-dealkylation sites (N-methyl/N-ethyl adjacent to an activating group) is 2. The lowest BCUT2D eigenvalue weighted by atomic mass is 9.90. The quantitative estimate of drug-likeness (QED) is 0.109. The van der Waals surface area contributed by atoms with Gasteiger partial charge >= 0.3 is 6.09 Å². The highest BCUT2D eigenvalue weighted by Crippen LogP contribution is 2.37. The Balaban J connectivity index is 1.11. The molecule has 2 amide bonds. The molecule has 278 valence electrons. The summed E-state index contributed by atoms with van der Waals surface area (Å²) in [5.74, 6) is 0.729. The summed E-state index contributed by atoms with van der Waals surface area (Å²) in [6, 6.07) is 7.01. The number of alkyl halides is 1. The van der Waals surface area contributed by atoms with Crippen LogP contribution in [-0.2, 0) is 31.8 Å². The minimum atomic E-state index is -2.17. The van der Waals surface area contributed by atoms with Gasteiger partial charge in [0.15, 0.2) is 0 Å².